The van der Waals surface area contributed by atoms with Gasteiger partial charge in [-0.15, -0.1) is 0 Å². The van der Waals surface area contributed by atoms with E-state index in [1.807, 2.05) is 0 Å². The Labute approximate surface area is 112 Å². The molecule has 0 saturated heterocycles. The summed E-state index contributed by atoms with van der Waals surface area (Å²) in [5.41, 5.74) is 0. The fourth-order valence-electron chi connectivity index (χ4n) is 0. The molecule has 0 rings (SSSR count). The molecule has 0 amide bonds. The first-order valence-corrected chi connectivity index (χ1v) is 8.45. The minimum absolute atomic E-state index is 0. The van der Waals surface area contributed by atoms with Crippen LogP contribution in [0.2, 0.25) is 0 Å². The quantitative estimate of drug-likeness (QED) is 0.203. The number of hydrogen-bond acceptors (Lipinski definition) is 2. The first kappa shape index (κ1) is 25.5. The molecule has 0 aromatic carbocycles. The van der Waals surface area contributed by atoms with Gasteiger partial charge in [0.25, 0.3) is 0 Å². The Morgan fingerprint density at radius 1 is 0.867 bits per heavy atom. The predicted octanol–water partition coefficient (Wildman–Crippen LogP) is -0.150. The normalized spacial score (nSPS) is 10.3. The van der Waals surface area contributed by atoms with E-state index >= 15 is 0 Å². The van der Waals surface area contributed by atoms with E-state index in [1.165, 1.54) is 0 Å². The molecule has 0 aliphatic heterocycles. The summed E-state index contributed by atoms with van der Waals surface area (Å²) in [4.78, 5) is 45.3. The molecule has 0 radical (unpaired) electrons. The van der Waals surface area contributed by atoms with Crippen LogP contribution in [0.15, 0.2) is 0 Å². The zero-order valence-corrected chi connectivity index (χ0v) is 14.8. The molecule has 15 heavy (non-hydrogen) atoms. The summed E-state index contributed by atoms with van der Waals surface area (Å²) in [6.07, 6.45) is 0. The molecule has 0 aromatic rings. The summed E-state index contributed by atoms with van der Waals surface area (Å²) in [7, 11) is 0. The average Bonchev–Trinajstić information content (AvgIpc) is 1.45. The van der Waals surface area contributed by atoms with Crippen LogP contribution in [0, 0.1) is 12.8 Å². The van der Waals surface area contributed by atoms with Crippen LogP contribution in [0.3, 0.4) is 0 Å². The van der Waals surface area contributed by atoms with Crippen molar-refractivity contribution in [3.8, 4) is 0 Å². The molecule has 0 bridgehead atoms. The Bertz CT molecular complexity index is 174. The van der Waals surface area contributed by atoms with Gasteiger partial charge >= 0.3 is 13.4 Å². The minimum atomic E-state index is -3.81. The fourth-order valence-corrected chi connectivity index (χ4v) is 0. The molecule has 0 saturated carbocycles. The van der Waals surface area contributed by atoms with E-state index in [-0.39, 0.29) is 19.5 Å². The van der Waals surface area contributed by atoms with E-state index in [0.717, 1.165) is 0 Å². The molecule has 0 spiro atoms. The maximum absolute atomic E-state index is 7.56. The van der Waals surface area contributed by atoms with Crippen molar-refractivity contribution >= 4 is 37.1 Å². The van der Waals surface area contributed by atoms with Crippen molar-refractivity contribution in [2.45, 2.75) is 13.8 Å². The van der Waals surface area contributed by atoms with E-state index in [0.29, 0.717) is 5.92 Å². The molecule has 0 fully saturated rings. The van der Waals surface area contributed by atoms with Crippen molar-refractivity contribution in [1.29, 1.82) is 0 Å². The summed E-state index contributed by atoms with van der Waals surface area (Å²) in [6, 6.07) is 0. The van der Waals surface area contributed by atoms with Gasteiger partial charge in [0.05, 0.1) is 0 Å². The van der Waals surface area contributed by atoms with Gasteiger partial charge in [0, 0.05) is 19.5 Å². The fraction of sp³-hybridized carbons (Fsp3) is 0.750. The number of hydrogen-bond donors (Lipinski definition) is 6. The van der Waals surface area contributed by atoms with Crippen LogP contribution in [0.4, 0.5) is 0 Å². The van der Waals surface area contributed by atoms with Gasteiger partial charge in [0.2, 0.25) is 0 Å². The van der Waals surface area contributed by atoms with Crippen LogP contribution >= 0.6 is 13.4 Å². The molecule has 0 unspecified atom stereocenters. The third kappa shape index (κ3) is 1040. The zero-order valence-electron chi connectivity index (χ0n) is 8.39. The second-order valence-corrected chi connectivity index (χ2v) is 7.41. The summed E-state index contributed by atoms with van der Waals surface area (Å²) in [5, 5.41) is 0. The minimum Gasteiger partial charge on any atom is -0.341 e. The summed E-state index contributed by atoms with van der Waals surface area (Å²) in [5.74, 6) is 0.583. The SMILES string of the molecule is OP(O)(O)=S.OP(O)(O)=S.[CH2-]C(C)C.[Zn]. The van der Waals surface area contributed by atoms with E-state index in [4.69, 9.17) is 29.4 Å². The maximum atomic E-state index is 7.56. The number of rotatable bonds is 0. The molecule has 0 aliphatic carbocycles. The Balaban J connectivity index is -0.0000000590. The van der Waals surface area contributed by atoms with Gasteiger partial charge in [-0.05, 0) is 23.6 Å². The standard InChI is InChI=1S/C4H9.2H3O3PS.Zn/c1-4(2)3;2*1-4(2,3)5;/h4H,1H2,2-3H3;2*(H3,1,2,3,5);/q-1;;;. The van der Waals surface area contributed by atoms with E-state index in [9.17, 15) is 0 Å². The first-order chi connectivity index (χ1) is 5.73. The summed E-state index contributed by atoms with van der Waals surface area (Å²) >= 11 is 7.21. The monoisotopic (exact) mass is 349 g/mol. The van der Waals surface area contributed by atoms with Crippen LogP contribution in [-0.4, -0.2) is 29.4 Å². The molecular weight excluding hydrogens is 336 g/mol. The molecule has 0 heterocycles. The zero-order chi connectivity index (χ0) is 12.6. The van der Waals surface area contributed by atoms with E-state index < -0.39 is 13.4 Å². The molecular formula is C4H15O6P2S2Zn-. The van der Waals surface area contributed by atoms with Crippen molar-refractivity contribution in [1.82, 2.24) is 0 Å². The molecule has 6 nitrogen and oxygen atoms in total. The van der Waals surface area contributed by atoms with E-state index in [2.05, 4.69) is 44.4 Å². The Hall–Kier alpha value is 1.68. The van der Waals surface area contributed by atoms with Crippen molar-refractivity contribution in [3.63, 3.8) is 0 Å². The van der Waals surface area contributed by atoms with Crippen LogP contribution in [0.1, 0.15) is 13.8 Å². The average molecular weight is 351 g/mol. The predicted molar refractivity (Wildman–Crippen MR) is 62.1 cm³/mol. The second kappa shape index (κ2) is 12.1. The third-order valence-electron chi connectivity index (χ3n) is 0. The Morgan fingerprint density at radius 3 is 0.867 bits per heavy atom. The Kier molecular flexibility index (Phi) is 20.7. The van der Waals surface area contributed by atoms with Crippen molar-refractivity contribution < 1.29 is 48.8 Å². The molecule has 0 aromatic heterocycles. The first-order valence-electron chi connectivity index (χ1n) is 3.13. The van der Waals surface area contributed by atoms with Crippen molar-refractivity contribution in [2.75, 3.05) is 0 Å². The smallest absolute Gasteiger partial charge is 0.319 e. The van der Waals surface area contributed by atoms with Crippen molar-refractivity contribution in [2.24, 2.45) is 5.92 Å². The maximum Gasteiger partial charge on any atom is 0.319 e. The van der Waals surface area contributed by atoms with Crippen LogP contribution in [0.5, 0.6) is 0 Å². The van der Waals surface area contributed by atoms with Gasteiger partial charge in [0.1, 0.15) is 0 Å². The largest absolute Gasteiger partial charge is 0.341 e. The van der Waals surface area contributed by atoms with Gasteiger partial charge in [-0.25, -0.2) is 0 Å². The van der Waals surface area contributed by atoms with Crippen LogP contribution in [-0.2, 0) is 43.1 Å². The van der Waals surface area contributed by atoms with Crippen molar-refractivity contribution in [3.05, 3.63) is 6.92 Å². The molecule has 6 N–H and O–H groups in total. The third-order valence-corrected chi connectivity index (χ3v) is 0. The second-order valence-electron chi connectivity index (χ2n) is 2.42. The van der Waals surface area contributed by atoms with Gasteiger partial charge < -0.3 is 36.3 Å². The van der Waals surface area contributed by atoms with Crippen LogP contribution in [0.25, 0.3) is 0 Å². The molecule has 92 valence electrons. The Morgan fingerprint density at radius 2 is 0.867 bits per heavy atom. The molecule has 11 heteroatoms. The summed E-state index contributed by atoms with van der Waals surface area (Å²) < 4.78 is 0. The van der Waals surface area contributed by atoms with Gasteiger partial charge in [-0.3, -0.25) is 0 Å². The van der Waals surface area contributed by atoms with Gasteiger partial charge in [-0.2, -0.15) is 5.92 Å². The van der Waals surface area contributed by atoms with E-state index in [1.54, 1.807) is 0 Å². The summed E-state index contributed by atoms with van der Waals surface area (Å²) in [6.45, 7) is 0.139. The molecule has 0 atom stereocenters. The molecule has 0 aliphatic rings. The van der Waals surface area contributed by atoms with Crippen LogP contribution < -0.4 is 0 Å². The van der Waals surface area contributed by atoms with Gasteiger partial charge in [0.15, 0.2) is 0 Å². The van der Waals surface area contributed by atoms with Gasteiger partial charge in [-0.1, -0.05) is 13.8 Å². The topological polar surface area (TPSA) is 121 Å².